The molecule has 2 aromatic rings. The molecular weight excluding hydrogens is 285 g/mol. The first-order valence-corrected chi connectivity index (χ1v) is 7.60. The molecule has 0 spiro atoms. The molecule has 0 amide bonds. The van der Waals surface area contributed by atoms with Crippen molar-refractivity contribution in [3.63, 3.8) is 0 Å². The molecule has 2 rings (SSSR count). The van der Waals surface area contributed by atoms with Crippen molar-refractivity contribution in [2.75, 3.05) is 0 Å². The largest absolute Gasteiger partial charge is 0.423 e. The first-order valence-electron chi connectivity index (χ1n) is 7.60. The summed E-state index contributed by atoms with van der Waals surface area (Å²) in [6, 6.07) is 19.9. The summed E-state index contributed by atoms with van der Waals surface area (Å²) in [7, 11) is 0. The average Bonchev–Trinajstić information content (AvgIpc) is 2.53. The second-order valence-corrected chi connectivity index (χ2v) is 5.51. The minimum absolute atomic E-state index is 0.119. The van der Waals surface area contributed by atoms with Gasteiger partial charge in [0.1, 0.15) is 0 Å². The third-order valence-corrected chi connectivity index (χ3v) is 3.71. The molecule has 0 heterocycles. The Labute approximate surface area is 137 Å². The maximum absolute atomic E-state index is 11.8. The summed E-state index contributed by atoms with van der Waals surface area (Å²) in [5, 5.41) is 3.35. The fourth-order valence-electron chi connectivity index (χ4n) is 2.71. The van der Waals surface area contributed by atoms with E-state index in [0.29, 0.717) is 5.70 Å². The van der Waals surface area contributed by atoms with Crippen molar-refractivity contribution in [1.82, 2.24) is 5.23 Å². The van der Waals surface area contributed by atoms with Crippen LogP contribution in [0.25, 0.3) is 0 Å². The van der Waals surface area contributed by atoms with Gasteiger partial charge in [-0.05, 0) is 20.8 Å². The number of rotatable bonds is 6. The molecule has 0 aliphatic carbocycles. The highest BCUT2D eigenvalue weighted by molar-refractivity contribution is 6.83. The number of carbonyl (C=O) groups excluding carboxylic acids is 2. The Bertz CT molecular complexity index is 668. The van der Waals surface area contributed by atoms with Gasteiger partial charge >= 0.3 is 6.85 Å². The van der Waals surface area contributed by atoms with E-state index in [1.54, 1.807) is 6.92 Å². The quantitative estimate of drug-likeness (QED) is 0.383. The number of ketones is 2. The van der Waals surface area contributed by atoms with E-state index in [2.05, 4.69) is 5.23 Å². The molecule has 2 aromatic carbocycles. The zero-order valence-corrected chi connectivity index (χ0v) is 13.7. The summed E-state index contributed by atoms with van der Waals surface area (Å²) in [5.41, 5.74) is 2.97. The molecule has 0 atom stereocenters. The summed E-state index contributed by atoms with van der Waals surface area (Å²) < 4.78 is 0. The second-order valence-electron chi connectivity index (χ2n) is 5.51. The van der Waals surface area contributed by atoms with Gasteiger partial charge in [-0.3, -0.25) is 9.59 Å². The predicted octanol–water partition coefficient (Wildman–Crippen LogP) is 1.83. The van der Waals surface area contributed by atoms with Gasteiger partial charge in [0.25, 0.3) is 0 Å². The van der Waals surface area contributed by atoms with Gasteiger partial charge in [0, 0.05) is 5.70 Å². The van der Waals surface area contributed by atoms with Crippen molar-refractivity contribution in [3.8, 4) is 0 Å². The maximum atomic E-state index is 11.8. The van der Waals surface area contributed by atoms with E-state index >= 15 is 0 Å². The molecule has 23 heavy (non-hydrogen) atoms. The lowest BCUT2D eigenvalue weighted by atomic mass is 9.50. The summed E-state index contributed by atoms with van der Waals surface area (Å²) in [6.07, 6.45) is 0. The lowest BCUT2D eigenvalue weighted by molar-refractivity contribution is -0.119. The molecule has 0 saturated carbocycles. The molecule has 0 bridgehead atoms. The van der Waals surface area contributed by atoms with Gasteiger partial charge in [0.2, 0.25) is 0 Å². The molecule has 3 nitrogen and oxygen atoms in total. The van der Waals surface area contributed by atoms with Gasteiger partial charge in [0.15, 0.2) is 11.6 Å². The van der Waals surface area contributed by atoms with Crippen LogP contribution in [0.2, 0.25) is 0 Å². The molecule has 0 fully saturated rings. The highest BCUT2D eigenvalue weighted by Crippen LogP contribution is 2.05. The number of hydrogen-bond acceptors (Lipinski definition) is 3. The lowest BCUT2D eigenvalue weighted by Gasteiger charge is -2.19. The fourth-order valence-corrected chi connectivity index (χ4v) is 2.71. The van der Waals surface area contributed by atoms with E-state index in [-0.39, 0.29) is 24.0 Å². The van der Waals surface area contributed by atoms with E-state index in [9.17, 15) is 9.59 Å². The van der Waals surface area contributed by atoms with Gasteiger partial charge in [0.05, 0.1) is 5.57 Å². The Morgan fingerprint density at radius 3 is 1.48 bits per heavy atom. The van der Waals surface area contributed by atoms with Crippen LogP contribution in [0.4, 0.5) is 0 Å². The van der Waals surface area contributed by atoms with Crippen LogP contribution >= 0.6 is 0 Å². The molecule has 0 radical (unpaired) electrons. The molecule has 116 valence electrons. The Morgan fingerprint density at radius 2 is 1.13 bits per heavy atom. The number of benzene rings is 2. The van der Waals surface area contributed by atoms with Crippen molar-refractivity contribution in [3.05, 3.63) is 71.9 Å². The zero-order valence-electron chi connectivity index (χ0n) is 13.7. The van der Waals surface area contributed by atoms with E-state index in [4.69, 9.17) is 0 Å². The maximum Gasteiger partial charge on any atom is 0.320 e. The summed E-state index contributed by atoms with van der Waals surface area (Å²) in [6.45, 7) is 4.49. The van der Waals surface area contributed by atoms with E-state index < -0.39 is 0 Å². The lowest BCUT2D eigenvalue weighted by Crippen LogP contribution is -2.53. The molecule has 0 unspecified atom stereocenters. The van der Waals surface area contributed by atoms with E-state index in [1.807, 2.05) is 60.7 Å². The monoisotopic (exact) mass is 305 g/mol. The van der Waals surface area contributed by atoms with E-state index in [1.165, 1.54) is 13.8 Å². The van der Waals surface area contributed by atoms with Crippen molar-refractivity contribution < 1.29 is 9.59 Å². The molecule has 4 heteroatoms. The third kappa shape index (κ3) is 4.19. The van der Waals surface area contributed by atoms with Crippen molar-refractivity contribution in [2.24, 2.45) is 0 Å². The Morgan fingerprint density at radius 1 is 0.739 bits per heavy atom. The second kappa shape index (κ2) is 7.59. The van der Waals surface area contributed by atoms with Crippen LogP contribution in [0.15, 0.2) is 71.9 Å². The smallest absolute Gasteiger partial charge is 0.320 e. The molecule has 0 aliphatic heterocycles. The molecule has 0 aromatic heterocycles. The van der Waals surface area contributed by atoms with Gasteiger partial charge < -0.3 is 5.23 Å². The Kier molecular flexibility index (Phi) is 5.53. The Balaban J connectivity index is 2.46. The number of nitrogens with one attached hydrogen (secondary N) is 1. The van der Waals surface area contributed by atoms with Gasteiger partial charge in [-0.15, -0.1) is 0 Å². The minimum atomic E-state index is -0.220. The first kappa shape index (κ1) is 16.8. The van der Waals surface area contributed by atoms with Gasteiger partial charge in [-0.25, -0.2) is 0 Å². The summed E-state index contributed by atoms with van der Waals surface area (Å²) in [4.78, 5) is 23.5. The topological polar surface area (TPSA) is 46.2 Å². The van der Waals surface area contributed by atoms with Crippen LogP contribution in [-0.2, 0) is 9.59 Å². The Hall–Kier alpha value is -2.62. The third-order valence-electron chi connectivity index (χ3n) is 3.71. The standard InChI is InChI=1S/C19H20BNO2/c1-14(19(15(2)22)16(3)23)21-20(17-10-6-4-7-11-17)18-12-8-5-9-13-18/h4-13,21H,1-3H3. The fraction of sp³-hybridized carbons (Fsp3) is 0.158. The average molecular weight is 305 g/mol. The molecular formula is C19H20BNO2. The van der Waals surface area contributed by atoms with Crippen LogP contribution in [-0.4, -0.2) is 18.4 Å². The highest BCUT2D eigenvalue weighted by atomic mass is 16.1. The van der Waals surface area contributed by atoms with Crippen molar-refractivity contribution in [1.29, 1.82) is 0 Å². The van der Waals surface area contributed by atoms with Crippen LogP contribution in [0, 0.1) is 0 Å². The first-order chi connectivity index (χ1) is 11.0. The number of carbonyl (C=O) groups is 2. The highest BCUT2D eigenvalue weighted by Gasteiger charge is 2.22. The minimum Gasteiger partial charge on any atom is -0.423 e. The van der Waals surface area contributed by atoms with Crippen LogP contribution in [0.3, 0.4) is 0 Å². The van der Waals surface area contributed by atoms with Crippen LogP contribution in [0.1, 0.15) is 20.8 Å². The van der Waals surface area contributed by atoms with Crippen LogP contribution < -0.4 is 16.2 Å². The van der Waals surface area contributed by atoms with Gasteiger partial charge in [-0.2, -0.15) is 0 Å². The summed E-state index contributed by atoms with van der Waals surface area (Å²) in [5.74, 6) is -0.440. The number of hydrogen-bond donors (Lipinski definition) is 1. The SMILES string of the molecule is CC(=O)C(C(C)=O)=C(C)NB(c1ccccc1)c1ccccc1. The molecule has 0 saturated heterocycles. The number of Topliss-reactive ketones (excluding diaryl/α,β-unsaturated/α-hetero) is 2. The predicted molar refractivity (Wildman–Crippen MR) is 95.1 cm³/mol. The zero-order chi connectivity index (χ0) is 16.8. The van der Waals surface area contributed by atoms with Crippen molar-refractivity contribution in [2.45, 2.75) is 20.8 Å². The van der Waals surface area contributed by atoms with E-state index in [0.717, 1.165) is 10.9 Å². The van der Waals surface area contributed by atoms with Crippen molar-refractivity contribution >= 4 is 29.3 Å². The normalized spacial score (nSPS) is 9.87. The molecule has 1 N–H and O–H groups in total. The number of allylic oxidation sites excluding steroid dienone is 2. The van der Waals surface area contributed by atoms with Gasteiger partial charge in [-0.1, -0.05) is 71.6 Å². The molecule has 0 aliphatic rings. The summed E-state index contributed by atoms with van der Waals surface area (Å²) >= 11 is 0. The van der Waals surface area contributed by atoms with Crippen LogP contribution in [0.5, 0.6) is 0 Å².